The molecule has 1 atom stereocenters. The summed E-state index contributed by atoms with van der Waals surface area (Å²) in [5.74, 6) is 0. The van der Waals surface area contributed by atoms with Crippen molar-refractivity contribution in [3.8, 4) is 0 Å². The molecule has 8 heteroatoms. The number of benzene rings is 1. The summed E-state index contributed by atoms with van der Waals surface area (Å²) < 4.78 is 33.0. The second kappa shape index (κ2) is 8.09. The Hall–Kier alpha value is -1.74. The fraction of sp³-hybridized carbons (Fsp3) is 0.471. The minimum absolute atomic E-state index is 0.0115. The topological polar surface area (TPSA) is 76.5 Å². The third-order valence-electron chi connectivity index (χ3n) is 4.20. The third kappa shape index (κ3) is 5.37. The molecule has 2 aromatic rings. The van der Waals surface area contributed by atoms with Gasteiger partial charge in [0.25, 0.3) is 0 Å². The second-order valence-electron chi connectivity index (χ2n) is 6.31. The van der Waals surface area contributed by atoms with E-state index in [-0.39, 0.29) is 6.04 Å². The van der Waals surface area contributed by atoms with Gasteiger partial charge in [0, 0.05) is 32.4 Å². The lowest BCUT2D eigenvalue weighted by Crippen LogP contribution is -2.43. The van der Waals surface area contributed by atoms with E-state index >= 15 is 0 Å². The van der Waals surface area contributed by atoms with E-state index in [2.05, 4.69) is 14.7 Å². The molecule has 1 aromatic carbocycles. The third-order valence-corrected chi connectivity index (χ3v) is 4.89. The number of aromatic nitrogens is 2. The summed E-state index contributed by atoms with van der Waals surface area (Å²) in [5.41, 5.74) is 2.25. The Labute approximate surface area is 148 Å². The Morgan fingerprint density at radius 2 is 2.08 bits per heavy atom. The normalized spacial score (nSPS) is 18.2. The molecule has 1 N–H and O–H groups in total. The van der Waals surface area contributed by atoms with E-state index in [0.29, 0.717) is 19.8 Å². The van der Waals surface area contributed by atoms with Gasteiger partial charge < -0.3 is 4.74 Å². The SMILES string of the molecule is CS(=O)(=O)NC[C@H]1CN(CCOCc2ccccc2)Cc2ccnn21. The number of sulfonamides is 1. The van der Waals surface area contributed by atoms with Crippen LogP contribution in [0.15, 0.2) is 42.6 Å². The second-order valence-corrected chi connectivity index (χ2v) is 8.15. The van der Waals surface area contributed by atoms with Gasteiger partial charge in [0.2, 0.25) is 10.0 Å². The van der Waals surface area contributed by atoms with Crippen LogP contribution in [0.3, 0.4) is 0 Å². The number of fused-ring (bicyclic) bond motifs is 1. The van der Waals surface area contributed by atoms with E-state index < -0.39 is 10.0 Å². The summed E-state index contributed by atoms with van der Waals surface area (Å²) in [6.07, 6.45) is 2.94. The number of ether oxygens (including phenoxy) is 1. The molecular formula is C17H24N4O3S. The van der Waals surface area contributed by atoms with Crippen molar-refractivity contribution in [1.82, 2.24) is 19.4 Å². The molecule has 0 unspecified atom stereocenters. The van der Waals surface area contributed by atoms with Crippen molar-refractivity contribution >= 4 is 10.0 Å². The van der Waals surface area contributed by atoms with E-state index in [4.69, 9.17) is 4.74 Å². The molecule has 0 saturated carbocycles. The lowest BCUT2D eigenvalue weighted by Gasteiger charge is -2.33. The number of nitrogens with one attached hydrogen (secondary N) is 1. The summed E-state index contributed by atoms with van der Waals surface area (Å²) in [6, 6.07) is 12.1. The first kappa shape index (κ1) is 18.1. The fourth-order valence-electron chi connectivity index (χ4n) is 2.99. The summed E-state index contributed by atoms with van der Waals surface area (Å²) in [6.45, 7) is 3.92. The molecule has 0 saturated heterocycles. The zero-order valence-corrected chi connectivity index (χ0v) is 15.2. The highest BCUT2D eigenvalue weighted by Crippen LogP contribution is 2.19. The van der Waals surface area contributed by atoms with Crippen LogP contribution in [0, 0.1) is 0 Å². The van der Waals surface area contributed by atoms with Gasteiger partial charge in [-0.15, -0.1) is 0 Å². The van der Waals surface area contributed by atoms with Crippen LogP contribution in [0.25, 0.3) is 0 Å². The summed E-state index contributed by atoms with van der Waals surface area (Å²) >= 11 is 0. The highest BCUT2D eigenvalue weighted by atomic mass is 32.2. The van der Waals surface area contributed by atoms with E-state index in [1.165, 1.54) is 6.26 Å². The number of hydrogen-bond donors (Lipinski definition) is 1. The van der Waals surface area contributed by atoms with E-state index in [1.54, 1.807) is 6.20 Å². The molecule has 7 nitrogen and oxygen atoms in total. The van der Waals surface area contributed by atoms with Crippen molar-refractivity contribution < 1.29 is 13.2 Å². The lowest BCUT2D eigenvalue weighted by atomic mass is 10.2. The molecule has 3 rings (SSSR count). The molecule has 0 spiro atoms. The van der Waals surface area contributed by atoms with Crippen LogP contribution >= 0.6 is 0 Å². The maximum Gasteiger partial charge on any atom is 0.208 e. The van der Waals surface area contributed by atoms with Gasteiger partial charge in [0.1, 0.15) is 0 Å². The zero-order valence-electron chi connectivity index (χ0n) is 14.3. The predicted molar refractivity (Wildman–Crippen MR) is 95.5 cm³/mol. The summed E-state index contributed by atoms with van der Waals surface area (Å²) in [7, 11) is -3.21. The average Bonchev–Trinajstić information content (AvgIpc) is 3.05. The standard InChI is InChI=1S/C17H24N4O3S/c1-25(22,23)19-11-17-13-20(12-16-7-8-18-21(16)17)9-10-24-14-15-5-3-2-4-6-15/h2-8,17,19H,9-14H2,1H3/t17-/m0/s1. The van der Waals surface area contributed by atoms with Crippen molar-refractivity contribution in [1.29, 1.82) is 0 Å². The molecule has 2 heterocycles. The minimum atomic E-state index is -3.21. The molecule has 136 valence electrons. The van der Waals surface area contributed by atoms with Crippen LogP contribution in [-0.4, -0.2) is 55.6 Å². The molecule has 0 radical (unpaired) electrons. The Bertz CT molecular complexity index is 776. The van der Waals surface area contributed by atoms with Gasteiger partial charge in [-0.05, 0) is 11.6 Å². The summed E-state index contributed by atoms with van der Waals surface area (Å²) in [4.78, 5) is 2.27. The quantitative estimate of drug-likeness (QED) is 0.708. The first-order chi connectivity index (χ1) is 12.0. The van der Waals surface area contributed by atoms with Gasteiger partial charge in [0.15, 0.2) is 0 Å². The Morgan fingerprint density at radius 1 is 1.28 bits per heavy atom. The monoisotopic (exact) mass is 364 g/mol. The molecular weight excluding hydrogens is 340 g/mol. The van der Waals surface area contributed by atoms with Gasteiger partial charge in [-0.3, -0.25) is 9.58 Å². The molecule has 0 fully saturated rings. The number of hydrogen-bond acceptors (Lipinski definition) is 5. The Kier molecular flexibility index (Phi) is 5.85. The summed E-state index contributed by atoms with van der Waals surface area (Å²) in [5, 5.41) is 4.33. The van der Waals surface area contributed by atoms with Crippen LogP contribution in [-0.2, 0) is 27.9 Å². The van der Waals surface area contributed by atoms with Crippen LogP contribution in [0.1, 0.15) is 17.3 Å². The van der Waals surface area contributed by atoms with Crippen LogP contribution in [0.5, 0.6) is 0 Å². The first-order valence-corrected chi connectivity index (χ1v) is 10.2. The average molecular weight is 364 g/mol. The van der Waals surface area contributed by atoms with Crippen molar-refractivity contribution in [2.24, 2.45) is 0 Å². The molecule has 1 aliphatic rings. The number of rotatable bonds is 8. The van der Waals surface area contributed by atoms with Gasteiger partial charge in [-0.1, -0.05) is 30.3 Å². The lowest BCUT2D eigenvalue weighted by molar-refractivity contribution is 0.0758. The molecule has 1 aromatic heterocycles. The zero-order chi connectivity index (χ0) is 17.7. The van der Waals surface area contributed by atoms with Crippen molar-refractivity contribution in [2.75, 3.05) is 32.5 Å². The molecule has 0 aliphatic carbocycles. The van der Waals surface area contributed by atoms with Gasteiger partial charge >= 0.3 is 0 Å². The van der Waals surface area contributed by atoms with Crippen molar-refractivity contribution in [3.63, 3.8) is 0 Å². The van der Waals surface area contributed by atoms with Gasteiger partial charge in [0.05, 0.1) is 31.2 Å². The largest absolute Gasteiger partial charge is 0.375 e. The van der Waals surface area contributed by atoms with E-state index in [1.807, 2.05) is 41.1 Å². The van der Waals surface area contributed by atoms with Crippen LogP contribution < -0.4 is 4.72 Å². The van der Waals surface area contributed by atoms with Crippen molar-refractivity contribution in [2.45, 2.75) is 19.2 Å². The van der Waals surface area contributed by atoms with Crippen LogP contribution in [0.2, 0.25) is 0 Å². The smallest absolute Gasteiger partial charge is 0.208 e. The molecule has 0 bridgehead atoms. The van der Waals surface area contributed by atoms with Crippen molar-refractivity contribution in [3.05, 3.63) is 53.9 Å². The Morgan fingerprint density at radius 3 is 2.84 bits per heavy atom. The maximum absolute atomic E-state index is 11.4. The fourth-order valence-corrected chi connectivity index (χ4v) is 3.49. The molecule has 0 amide bonds. The predicted octanol–water partition coefficient (Wildman–Crippen LogP) is 1.01. The van der Waals surface area contributed by atoms with Crippen LogP contribution in [0.4, 0.5) is 0 Å². The Balaban J connectivity index is 1.51. The maximum atomic E-state index is 11.4. The minimum Gasteiger partial charge on any atom is -0.375 e. The number of nitrogens with zero attached hydrogens (tertiary/aromatic N) is 3. The molecule has 25 heavy (non-hydrogen) atoms. The molecule has 1 aliphatic heterocycles. The van der Waals surface area contributed by atoms with E-state index in [0.717, 1.165) is 30.9 Å². The van der Waals surface area contributed by atoms with Gasteiger partial charge in [-0.25, -0.2) is 13.1 Å². The van der Waals surface area contributed by atoms with E-state index in [9.17, 15) is 8.42 Å². The highest BCUT2D eigenvalue weighted by Gasteiger charge is 2.25. The highest BCUT2D eigenvalue weighted by molar-refractivity contribution is 7.88. The first-order valence-electron chi connectivity index (χ1n) is 8.32. The van der Waals surface area contributed by atoms with Gasteiger partial charge in [-0.2, -0.15) is 5.10 Å².